The lowest BCUT2D eigenvalue weighted by Crippen LogP contribution is -2.27. The van der Waals surface area contributed by atoms with Gasteiger partial charge in [-0.1, -0.05) is 0 Å². The summed E-state index contributed by atoms with van der Waals surface area (Å²) in [5.74, 6) is -0.103. The Morgan fingerprint density at radius 1 is 1.35 bits per heavy atom. The summed E-state index contributed by atoms with van der Waals surface area (Å²) in [6.07, 6.45) is 4.87. The van der Waals surface area contributed by atoms with Gasteiger partial charge in [-0.3, -0.25) is 4.79 Å². The summed E-state index contributed by atoms with van der Waals surface area (Å²) in [6, 6.07) is 3.80. The van der Waals surface area contributed by atoms with Crippen molar-refractivity contribution in [1.82, 2.24) is 4.98 Å². The van der Waals surface area contributed by atoms with Crippen LogP contribution in [0, 0.1) is 9.62 Å². The first-order valence-corrected chi connectivity index (χ1v) is 6.74. The van der Waals surface area contributed by atoms with E-state index in [1.54, 1.807) is 6.20 Å². The highest BCUT2D eigenvalue weighted by Gasteiger charge is 2.26. The van der Waals surface area contributed by atoms with E-state index in [1.165, 1.54) is 0 Å². The van der Waals surface area contributed by atoms with Crippen molar-refractivity contribution >= 4 is 28.6 Å². The Kier molecular flexibility index (Phi) is 4.20. The molecule has 1 saturated carbocycles. The van der Waals surface area contributed by atoms with E-state index in [1.807, 2.05) is 12.1 Å². The van der Waals surface area contributed by atoms with Gasteiger partial charge < -0.3 is 9.84 Å². The van der Waals surface area contributed by atoms with E-state index < -0.39 is 5.97 Å². The molecule has 0 amide bonds. The van der Waals surface area contributed by atoms with E-state index in [4.69, 9.17) is 9.84 Å². The summed E-state index contributed by atoms with van der Waals surface area (Å²) in [7, 11) is 0. The van der Waals surface area contributed by atoms with Gasteiger partial charge >= 0.3 is 5.97 Å². The van der Waals surface area contributed by atoms with Crippen molar-refractivity contribution in [3.63, 3.8) is 0 Å². The lowest BCUT2D eigenvalue weighted by atomic mass is 9.87. The number of halogens is 1. The van der Waals surface area contributed by atoms with E-state index in [9.17, 15) is 4.79 Å². The number of hydrogen-bond acceptors (Lipinski definition) is 3. The van der Waals surface area contributed by atoms with Crippen LogP contribution < -0.4 is 4.74 Å². The summed E-state index contributed by atoms with van der Waals surface area (Å²) in [5.41, 5.74) is 0. The Morgan fingerprint density at radius 2 is 2.06 bits per heavy atom. The molecule has 1 heterocycles. The smallest absolute Gasteiger partial charge is 0.306 e. The van der Waals surface area contributed by atoms with Gasteiger partial charge in [0.15, 0.2) is 0 Å². The van der Waals surface area contributed by atoms with Crippen molar-refractivity contribution in [1.29, 1.82) is 0 Å². The predicted molar refractivity (Wildman–Crippen MR) is 71.0 cm³/mol. The van der Waals surface area contributed by atoms with Gasteiger partial charge in [0.25, 0.3) is 0 Å². The average Bonchev–Trinajstić information content (AvgIpc) is 2.33. The van der Waals surface area contributed by atoms with E-state index in [2.05, 4.69) is 27.6 Å². The molecule has 0 radical (unpaired) electrons. The molecule has 1 aromatic rings. The molecule has 92 valence electrons. The minimum absolute atomic E-state index is 0.132. The number of rotatable bonds is 3. The monoisotopic (exact) mass is 347 g/mol. The zero-order chi connectivity index (χ0) is 12.3. The first-order chi connectivity index (χ1) is 8.15. The molecule has 1 aromatic heterocycles. The average molecular weight is 347 g/mol. The second-order valence-electron chi connectivity index (χ2n) is 4.25. The zero-order valence-electron chi connectivity index (χ0n) is 9.30. The van der Waals surface area contributed by atoms with Gasteiger partial charge in [-0.15, -0.1) is 0 Å². The van der Waals surface area contributed by atoms with Crippen LogP contribution in [0.15, 0.2) is 18.3 Å². The quantitative estimate of drug-likeness (QED) is 0.675. The van der Waals surface area contributed by atoms with Crippen LogP contribution in [0.5, 0.6) is 5.75 Å². The van der Waals surface area contributed by atoms with Crippen molar-refractivity contribution in [2.45, 2.75) is 31.8 Å². The number of nitrogens with zero attached hydrogens (tertiary/aromatic N) is 1. The number of aliphatic carboxylic acids is 1. The van der Waals surface area contributed by atoms with Crippen LogP contribution in [0.25, 0.3) is 0 Å². The number of ether oxygens (including phenoxy) is 1. The lowest BCUT2D eigenvalue weighted by molar-refractivity contribution is -0.143. The standard InChI is InChI=1S/C12H14INO3/c13-11-6-5-10(7-14-11)17-9-3-1-8(2-4-9)12(15)16/h5-9H,1-4H2,(H,15,16). The molecule has 0 aromatic carbocycles. The Morgan fingerprint density at radius 3 is 2.59 bits per heavy atom. The first kappa shape index (κ1) is 12.6. The lowest BCUT2D eigenvalue weighted by Gasteiger charge is -2.26. The van der Waals surface area contributed by atoms with Crippen molar-refractivity contribution in [2.24, 2.45) is 5.92 Å². The molecule has 1 aliphatic rings. The number of carbonyl (C=O) groups is 1. The molecule has 0 unspecified atom stereocenters. The third-order valence-corrected chi connectivity index (χ3v) is 3.66. The molecule has 0 spiro atoms. The molecule has 5 heteroatoms. The summed E-state index contributed by atoms with van der Waals surface area (Å²) < 4.78 is 6.71. The number of aromatic nitrogens is 1. The molecular weight excluding hydrogens is 333 g/mol. The largest absolute Gasteiger partial charge is 0.489 e. The third-order valence-electron chi connectivity index (χ3n) is 3.03. The zero-order valence-corrected chi connectivity index (χ0v) is 11.5. The topological polar surface area (TPSA) is 59.4 Å². The predicted octanol–water partition coefficient (Wildman–Crippen LogP) is 2.71. The number of carboxylic acids is 1. The first-order valence-electron chi connectivity index (χ1n) is 5.66. The van der Waals surface area contributed by atoms with Gasteiger partial charge in [-0.05, 0) is 60.4 Å². The maximum Gasteiger partial charge on any atom is 0.306 e. The second-order valence-corrected chi connectivity index (χ2v) is 5.35. The molecule has 1 aliphatic carbocycles. The Balaban J connectivity index is 1.85. The highest BCUT2D eigenvalue weighted by Crippen LogP contribution is 2.27. The maximum absolute atomic E-state index is 10.8. The van der Waals surface area contributed by atoms with Crippen LogP contribution in [0.4, 0.5) is 0 Å². The normalized spacial score (nSPS) is 24.3. The van der Waals surface area contributed by atoms with Crippen molar-refractivity contribution in [3.8, 4) is 5.75 Å². The third kappa shape index (κ3) is 3.55. The highest BCUT2D eigenvalue weighted by atomic mass is 127. The minimum Gasteiger partial charge on any atom is -0.489 e. The molecule has 0 bridgehead atoms. The van der Waals surface area contributed by atoms with Crippen LogP contribution in [0.2, 0.25) is 0 Å². The molecule has 0 saturated heterocycles. The summed E-state index contributed by atoms with van der Waals surface area (Å²) in [6.45, 7) is 0. The van der Waals surface area contributed by atoms with Crippen LogP contribution in [0.1, 0.15) is 25.7 Å². The molecule has 1 fully saturated rings. The summed E-state index contributed by atoms with van der Waals surface area (Å²) in [5, 5.41) is 8.89. The van der Waals surface area contributed by atoms with Gasteiger partial charge in [-0.2, -0.15) is 0 Å². The Bertz CT molecular complexity index is 385. The number of pyridine rings is 1. The Labute approximate surface area is 114 Å². The van der Waals surface area contributed by atoms with Gasteiger partial charge in [0.2, 0.25) is 0 Å². The van der Waals surface area contributed by atoms with Crippen LogP contribution in [0.3, 0.4) is 0 Å². The van der Waals surface area contributed by atoms with Crippen LogP contribution in [-0.4, -0.2) is 22.2 Å². The molecule has 1 N–H and O–H groups in total. The number of hydrogen-bond donors (Lipinski definition) is 1. The van der Waals surface area contributed by atoms with Crippen molar-refractivity contribution in [3.05, 3.63) is 22.0 Å². The fourth-order valence-corrected chi connectivity index (χ4v) is 2.37. The van der Waals surface area contributed by atoms with Gasteiger partial charge in [0.1, 0.15) is 9.45 Å². The molecular formula is C12H14INO3. The number of carboxylic acid groups (broad SMARTS) is 1. The molecule has 17 heavy (non-hydrogen) atoms. The van der Waals surface area contributed by atoms with E-state index in [0.29, 0.717) is 12.8 Å². The van der Waals surface area contributed by atoms with E-state index >= 15 is 0 Å². The fraction of sp³-hybridized carbons (Fsp3) is 0.500. The van der Waals surface area contributed by atoms with E-state index in [-0.39, 0.29) is 12.0 Å². The maximum atomic E-state index is 10.8. The second kappa shape index (κ2) is 5.66. The molecule has 0 aliphatic heterocycles. The van der Waals surface area contributed by atoms with Gasteiger partial charge in [0, 0.05) is 0 Å². The van der Waals surface area contributed by atoms with Crippen LogP contribution >= 0.6 is 22.6 Å². The fourth-order valence-electron chi connectivity index (χ4n) is 2.05. The van der Waals surface area contributed by atoms with Crippen molar-refractivity contribution < 1.29 is 14.6 Å². The van der Waals surface area contributed by atoms with Gasteiger partial charge in [0.05, 0.1) is 18.2 Å². The van der Waals surface area contributed by atoms with E-state index in [0.717, 1.165) is 22.3 Å². The molecule has 4 nitrogen and oxygen atoms in total. The summed E-state index contributed by atoms with van der Waals surface area (Å²) >= 11 is 2.15. The van der Waals surface area contributed by atoms with Gasteiger partial charge in [-0.25, -0.2) is 4.98 Å². The van der Waals surface area contributed by atoms with Crippen LogP contribution in [-0.2, 0) is 4.79 Å². The molecule has 2 rings (SSSR count). The highest BCUT2D eigenvalue weighted by molar-refractivity contribution is 14.1. The summed E-state index contributed by atoms with van der Waals surface area (Å²) in [4.78, 5) is 15.0. The SMILES string of the molecule is O=C(O)C1CCC(Oc2ccc(I)nc2)CC1. The Hall–Kier alpha value is -0.850. The molecule has 0 atom stereocenters. The van der Waals surface area contributed by atoms with Crippen molar-refractivity contribution in [2.75, 3.05) is 0 Å². The minimum atomic E-state index is -0.681.